The molecule has 0 atom stereocenters. The number of carbonyl (C=O) groups excluding carboxylic acids is 1. The first-order chi connectivity index (χ1) is 12.3. The fourth-order valence-corrected chi connectivity index (χ4v) is 2.71. The summed E-state index contributed by atoms with van der Waals surface area (Å²) in [6, 6.07) is 7.18. The van der Waals surface area contributed by atoms with Gasteiger partial charge in [0.15, 0.2) is 0 Å². The van der Waals surface area contributed by atoms with Crippen LogP contribution < -0.4 is 4.74 Å². The number of amides is 1. The first-order valence-corrected chi connectivity index (χ1v) is 7.78. The summed E-state index contributed by atoms with van der Waals surface area (Å²) in [4.78, 5) is 26.8. The van der Waals surface area contributed by atoms with Crippen LogP contribution in [0.15, 0.2) is 47.4 Å². The van der Waals surface area contributed by atoms with E-state index in [2.05, 4.69) is 20.1 Å². The van der Waals surface area contributed by atoms with E-state index in [-0.39, 0.29) is 11.8 Å². The molecule has 25 heavy (non-hydrogen) atoms. The molecule has 0 saturated carbocycles. The Hall–Kier alpha value is -3.29. The van der Waals surface area contributed by atoms with E-state index in [4.69, 9.17) is 9.26 Å². The van der Waals surface area contributed by atoms with Crippen molar-refractivity contribution in [1.29, 1.82) is 0 Å². The Balaban J connectivity index is 1.44. The number of carbonyl (C=O) groups is 1. The molecule has 0 spiro atoms. The molecule has 126 valence electrons. The van der Waals surface area contributed by atoms with E-state index in [0.717, 1.165) is 0 Å². The van der Waals surface area contributed by atoms with Gasteiger partial charge in [-0.3, -0.25) is 9.78 Å². The molecule has 0 N–H and O–H groups in total. The van der Waals surface area contributed by atoms with Gasteiger partial charge in [-0.05, 0) is 12.1 Å². The molecule has 1 amide bonds. The maximum Gasteiger partial charge on any atom is 0.257 e. The zero-order chi connectivity index (χ0) is 17.2. The second kappa shape index (κ2) is 6.31. The fraction of sp³-hybridized carbons (Fsp3) is 0.235. The van der Waals surface area contributed by atoms with E-state index in [1.165, 1.54) is 0 Å². The molecule has 1 aliphatic rings. The Morgan fingerprint density at radius 1 is 1.28 bits per heavy atom. The second-order valence-corrected chi connectivity index (χ2v) is 5.65. The minimum Gasteiger partial charge on any atom is -0.496 e. The predicted molar refractivity (Wildman–Crippen MR) is 87.0 cm³/mol. The number of nitrogens with zero attached hydrogens (tertiary/aromatic N) is 5. The normalized spacial score (nSPS) is 14.2. The van der Waals surface area contributed by atoms with Gasteiger partial charge in [0.1, 0.15) is 11.4 Å². The predicted octanol–water partition coefficient (Wildman–Crippen LogP) is 1.77. The lowest BCUT2D eigenvalue weighted by Crippen LogP contribution is -2.48. The molecule has 2 aromatic heterocycles. The Kier molecular flexibility index (Phi) is 3.85. The molecule has 1 fully saturated rings. The highest BCUT2D eigenvalue weighted by Crippen LogP contribution is 2.30. The average molecular weight is 337 g/mol. The summed E-state index contributed by atoms with van der Waals surface area (Å²) in [6.45, 7) is 1.05. The number of likely N-dealkylation sites (tertiary alicyclic amines) is 1. The minimum atomic E-state index is -0.0673. The molecule has 0 aliphatic carbocycles. The number of hydrogen-bond donors (Lipinski definition) is 0. The highest BCUT2D eigenvalue weighted by atomic mass is 16.5. The monoisotopic (exact) mass is 337 g/mol. The third-order valence-electron chi connectivity index (χ3n) is 4.09. The van der Waals surface area contributed by atoms with Crippen LogP contribution in [-0.2, 0) is 0 Å². The van der Waals surface area contributed by atoms with Crippen LogP contribution in [0, 0.1) is 0 Å². The van der Waals surface area contributed by atoms with Crippen LogP contribution in [-0.4, -0.2) is 51.1 Å². The van der Waals surface area contributed by atoms with Crippen LogP contribution in [0.2, 0.25) is 0 Å². The maximum absolute atomic E-state index is 12.6. The molecule has 8 heteroatoms. The zero-order valence-electron chi connectivity index (χ0n) is 13.5. The summed E-state index contributed by atoms with van der Waals surface area (Å²) in [5, 5.41) is 3.93. The van der Waals surface area contributed by atoms with Crippen molar-refractivity contribution in [2.24, 2.45) is 0 Å². The maximum atomic E-state index is 12.6. The summed E-state index contributed by atoms with van der Waals surface area (Å²) in [7, 11) is 1.55. The van der Waals surface area contributed by atoms with E-state index in [0.29, 0.717) is 41.8 Å². The molecule has 1 aromatic carbocycles. The smallest absolute Gasteiger partial charge is 0.257 e. The number of aromatic nitrogens is 4. The molecule has 0 unspecified atom stereocenters. The van der Waals surface area contributed by atoms with Crippen LogP contribution in [0.3, 0.4) is 0 Å². The summed E-state index contributed by atoms with van der Waals surface area (Å²) >= 11 is 0. The van der Waals surface area contributed by atoms with Crippen molar-refractivity contribution in [1.82, 2.24) is 25.0 Å². The molecular formula is C17H15N5O3. The first kappa shape index (κ1) is 15.3. The largest absolute Gasteiger partial charge is 0.496 e. The van der Waals surface area contributed by atoms with Crippen LogP contribution in [0.4, 0.5) is 0 Å². The molecule has 1 saturated heterocycles. The SMILES string of the molecule is COc1ccccc1C(=O)N1CC(c2nc(-c3cnccn3)no2)C1. The van der Waals surface area contributed by atoms with Gasteiger partial charge in [0.25, 0.3) is 5.91 Å². The Morgan fingerprint density at radius 3 is 2.88 bits per heavy atom. The van der Waals surface area contributed by atoms with Crippen molar-refractivity contribution in [3.8, 4) is 17.3 Å². The van der Waals surface area contributed by atoms with Crippen molar-refractivity contribution >= 4 is 5.91 Å². The lowest BCUT2D eigenvalue weighted by Gasteiger charge is -2.37. The molecule has 1 aliphatic heterocycles. The van der Waals surface area contributed by atoms with Gasteiger partial charge in [-0.1, -0.05) is 17.3 Å². The molecule has 3 heterocycles. The fourth-order valence-electron chi connectivity index (χ4n) is 2.71. The number of benzene rings is 1. The van der Waals surface area contributed by atoms with E-state index in [1.54, 1.807) is 42.7 Å². The van der Waals surface area contributed by atoms with Gasteiger partial charge in [-0.2, -0.15) is 4.98 Å². The standard InChI is InChI=1S/C17H15N5O3/c1-24-14-5-3-2-4-12(14)17(23)22-9-11(10-22)16-20-15(21-25-16)13-8-18-6-7-19-13/h2-8,11H,9-10H2,1H3. The summed E-state index contributed by atoms with van der Waals surface area (Å²) in [5.41, 5.74) is 1.10. The Morgan fingerprint density at radius 2 is 2.12 bits per heavy atom. The van der Waals surface area contributed by atoms with Gasteiger partial charge in [-0.15, -0.1) is 0 Å². The lowest BCUT2D eigenvalue weighted by atomic mass is 9.98. The molecule has 8 nitrogen and oxygen atoms in total. The molecule has 4 rings (SSSR count). The van der Waals surface area contributed by atoms with Crippen molar-refractivity contribution in [2.75, 3.05) is 20.2 Å². The number of ether oxygens (including phenoxy) is 1. The van der Waals surface area contributed by atoms with E-state index >= 15 is 0 Å². The summed E-state index contributed by atoms with van der Waals surface area (Å²) in [6.07, 6.45) is 4.73. The van der Waals surface area contributed by atoms with Crippen molar-refractivity contribution < 1.29 is 14.1 Å². The van der Waals surface area contributed by atoms with Gasteiger partial charge < -0.3 is 14.2 Å². The number of hydrogen-bond acceptors (Lipinski definition) is 7. The topological polar surface area (TPSA) is 94.2 Å². The highest BCUT2D eigenvalue weighted by Gasteiger charge is 2.36. The number of para-hydroxylation sites is 1. The van der Waals surface area contributed by atoms with Gasteiger partial charge >= 0.3 is 0 Å². The quantitative estimate of drug-likeness (QED) is 0.716. The van der Waals surface area contributed by atoms with Crippen LogP contribution >= 0.6 is 0 Å². The third-order valence-corrected chi connectivity index (χ3v) is 4.09. The lowest BCUT2D eigenvalue weighted by molar-refractivity contribution is 0.0566. The second-order valence-electron chi connectivity index (χ2n) is 5.65. The Labute approximate surface area is 143 Å². The molecular weight excluding hydrogens is 322 g/mol. The third kappa shape index (κ3) is 2.82. The van der Waals surface area contributed by atoms with Crippen molar-refractivity contribution in [2.45, 2.75) is 5.92 Å². The number of methoxy groups -OCH3 is 1. The summed E-state index contributed by atoms with van der Waals surface area (Å²) in [5.74, 6) is 1.43. The van der Waals surface area contributed by atoms with E-state index < -0.39 is 0 Å². The van der Waals surface area contributed by atoms with E-state index in [9.17, 15) is 4.79 Å². The molecule has 3 aromatic rings. The van der Waals surface area contributed by atoms with Crippen molar-refractivity contribution in [3.05, 3.63) is 54.3 Å². The first-order valence-electron chi connectivity index (χ1n) is 7.78. The van der Waals surface area contributed by atoms with Gasteiger partial charge in [-0.25, -0.2) is 4.98 Å². The van der Waals surface area contributed by atoms with Crippen LogP contribution in [0.1, 0.15) is 22.2 Å². The van der Waals surface area contributed by atoms with Gasteiger partial charge in [0, 0.05) is 25.5 Å². The van der Waals surface area contributed by atoms with Gasteiger partial charge in [0.05, 0.1) is 24.8 Å². The molecule has 0 radical (unpaired) electrons. The molecule has 0 bridgehead atoms. The minimum absolute atomic E-state index is 0.0246. The number of rotatable bonds is 4. The van der Waals surface area contributed by atoms with Crippen LogP contribution in [0.25, 0.3) is 11.5 Å². The zero-order valence-corrected chi connectivity index (χ0v) is 13.5. The van der Waals surface area contributed by atoms with Gasteiger partial charge in [0.2, 0.25) is 11.7 Å². The average Bonchev–Trinajstić information content (AvgIpc) is 3.10. The Bertz CT molecular complexity index is 890. The highest BCUT2D eigenvalue weighted by molar-refractivity contribution is 5.97. The van der Waals surface area contributed by atoms with E-state index in [1.807, 2.05) is 12.1 Å². The van der Waals surface area contributed by atoms with Crippen LogP contribution in [0.5, 0.6) is 5.75 Å². The summed E-state index contributed by atoms with van der Waals surface area (Å²) < 4.78 is 10.6. The van der Waals surface area contributed by atoms with Crippen molar-refractivity contribution in [3.63, 3.8) is 0 Å².